The molecule has 3 aromatic carbocycles. The maximum atomic E-state index is 12.3. The first-order valence-corrected chi connectivity index (χ1v) is 12.2. The van der Waals surface area contributed by atoms with E-state index < -0.39 is 5.91 Å². The quantitative estimate of drug-likeness (QED) is 0.286. The van der Waals surface area contributed by atoms with Crippen molar-refractivity contribution in [1.82, 2.24) is 5.43 Å². The molecule has 3 aromatic rings. The lowest BCUT2D eigenvalue weighted by Gasteiger charge is -2.29. The van der Waals surface area contributed by atoms with E-state index in [0.717, 1.165) is 29.5 Å². The normalized spacial score (nSPS) is 14.3. The molecule has 0 saturated heterocycles. The van der Waals surface area contributed by atoms with Gasteiger partial charge in [0.1, 0.15) is 23.4 Å². The van der Waals surface area contributed by atoms with Crippen molar-refractivity contribution >= 4 is 23.7 Å². The number of carbonyl (C=O) groups excluding carboxylic acids is 1. The summed E-state index contributed by atoms with van der Waals surface area (Å²) in [5.74, 6) is 2.87. The largest absolute Gasteiger partial charge is 0.496 e. The van der Waals surface area contributed by atoms with Crippen LogP contribution in [0.5, 0.6) is 34.5 Å². The first-order chi connectivity index (χ1) is 18.4. The summed E-state index contributed by atoms with van der Waals surface area (Å²) in [5, 5.41) is 4.52. The minimum atomic E-state index is -0.420. The molecule has 0 bridgehead atoms. The van der Waals surface area contributed by atoms with E-state index in [1.807, 2.05) is 18.2 Å². The van der Waals surface area contributed by atoms with Gasteiger partial charge in [-0.15, -0.1) is 0 Å². The molecular formula is C28H29ClN2O7. The summed E-state index contributed by atoms with van der Waals surface area (Å²) in [6.07, 6.45) is 2.68. The summed E-state index contributed by atoms with van der Waals surface area (Å²) in [7, 11) is 6.30. The van der Waals surface area contributed by atoms with E-state index >= 15 is 0 Å². The number of benzene rings is 3. The van der Waals surface area contributed by atoms with E-state index in [2.05, 4.69) is 10.5 Å². The van der Waals surface area contributed by atoms with Crippen molar-refractivity contribution in [2.75, 3.05) is 35.0 Å². The highest BCUT2D eigenvalue weighted by atomic mass is 35.5. The number of methoxy groups -OCH3 is 4. The Morgan fingerprint density at radius 3 is 2.42 bits per heavy atom. The highest BCUT2D eigenvalue weighted by Crippen LogP contribution is 2.45. The van der Waals surface area contributed by atoms with Crippen molar-refractivity contribution in [1.29, 1.82) is 0 Å². The molecule has 4 rings (SSSR count). The Bertz CT molecular complexity index is 1300. The molecule has 1 aliphatic heterocycles. The van der Waals surface area contributed by atoms with Crippen LogP contribution in [0.2, 0.25) is 5.02 Å². The van der Waals surface area contributed by atoms with Crippen LogP contribution in [0, 0.1) is 0 Å². The molecule has 0 radical (unpaired) electrons. The van der Waals surface area contributed by atoms with Gasteiger partial charge < -0.3 is 28.4 Å². The van der Waals surface area contributed by atoms with Gasteiger partial charge in [0.25, 0.3) is 5.91 Å². The number of carbonyl (C=O) groups is 1. The number of halogens is 1. The maximum absolute atomic E-state index is 12.3. The Balaban J connectivity index is 1.46. The minimum Gasteiger partial charge on any atom is -0.496 e. The second-order valence-electron chi connectivity index (χ2n) is 8.34. The molecule has 1 aliphatic rings. The van der Waals surface area contributed by atoms with E-state index in [-0.39, 0.29) is 12.7 Å². The highest BCUT2D eigenvalue weighted by Gasteiger charge is 2.27. The zero-order valence-electron chi connectivity index (χ0n) is 21.6. The van der Waals surface area contributed by atoms with Crippen molar-refractivity contribution in [3.05, 3.63) is 70.2 Å². The molecule has 38 heavy (non-hydrogen) atoms. The van der Waals surface area contributed by atoms with Gasteiger partial charge in [-0.3, -0.25) is 4.79 Å². The fourth-order valence-electron chi connectivity index (χ4n) is 4.17. The van der Waals surface area contributed by atoms with Gasteiger partial charge in [-0.2, -0.15) is 5.10 Å². The van der Waals surface area contributed by atoms with Gasteiger partial charge >= 0.3 is 0 Å². The highest BCUT2D eigenvalue weighted by molar-refractivity contribution is 6.30. The monoisotopic (exact) mass is 540 g/mol. The number of hydrogen-bond acceptors (Lipinski definition) is 8. The second kappa shape index (κ2) is 12.4. The summed E-state index contributed by atoms with van der Waals surface area (Å²) in [5.41, 5.74) is 5.01. The minimum absolute atomic E-state index is 0.245. The zero-order valence-corrected chi connectivity index (χ0v) is 22.3. The number of rotatable bonds is 10. The van der Waals surface area contributed by atoms with Gasteiger partial charge in [-0.05, 0) is 48.2 Å². The van der Waals surface area contributed by atoms with E-state index in [1.165, 1.54) is 6.21 Å². The van der Waals surface area contributed by atoms with Crippen LogP contribution in [0.4, 0.5) is 0 Å². The van der Waals surface area contributed by atoms with Crippen molar-refractivity contribution in [3.8, 4) is 34.5 Å². The van der Waals surface area contributed by atoms with Crippen molar-refractivity contribution in [2.45, 2.75) is 18.9 Å². The molecule has 1 unspecified atom stereocenters. The van der Waals surface area contributed by atoms with Crippen molar-refractivity contribution in [3.63, 3.8) is 0 Å². The van der Waals surface area contributed by atoms with Gasteiger partial charge in [-0.1, -0.05) is 23.7 Å². The molecule has 0 saturated carbocycles. The number of nitrogens with one attached hydrogen (secondary N) is 1. The molecule has 9 nitrogen and oxygen atoms in total. The number of amides is 1. The lowest BCUT2D eigenvalue weighted by molar-refractivity contribution is -0.123. The van der Waals surface area contributed by atoms with Gasteiger partial charge in [0.2, 0.25) is 5.75 Å². The lowest BCUT2D eigenvalue weighted by Crippen LogP contribution is -2.24. The van der Waals surface area contributed by atoms with Crippen LogP contribution in [0.15, 0.2) is 53.6 Å². The summed E-state index contributed by atoms with van der Waals surface area (Å²) in [6, 6.07) is 14.4. The molecule has 0 aromatic heterocycles. The molecule has 0 fully saturated rings. The van der Waals surface area contributed by atoms with Crippen LogP contribution in [0.25, 0.3) is 0 Å². The summed E-state index contributed by atoms with van der Waals surface area (Å²) < 4.78 is 34.1. The molecule has 1 heterocycles. The van der Waals surface area contributed by atoms with E-state index in [4.69, 9.17) is 40.0 Å². The molecule has 10 heteroatoms. The van der Waals surface area contributed by atoms with Crippen LogP contribution in [0.3, 0.4) is 0 Å². The zero-order chi connectivity index (χ0) is 27.1. The second-order valence-corrected chi connectivity index (χ2v) is 8.78. The molecule has 1 N–H and O–H groups in total. The van der Waals surface area contributed by atoms with Gasteiger partial charge in [0, 0.05) is 22.7 Å². The Morgan fingerprint density at radius 1 is 1.03 bits per heavy atom. The van der Waals surface area contributed by atoms with Gasteiger partial charge in [0.15, 0.2) is 18.1 Å². The molecule has 200 valence electrons. The Hall–Kier alpha value is -4.11. The summed E-state index contributed by atoms with van der Waals surface area (Å²) >= 11 is 5.96. The SMILES string of the molecule is COc1cc(OCC(=O)N/N=C/c2cccc(Cl)c2)cc2c1CCC(c1cc(OC)c(OC)c(OC)c1)O2. The predicted molar refractivity (Wildman–Crippen MR) is 143 cm³/mol. The Kier molecular flexibility index (Phi) is 8.81. The van der Waals surface area contributed by atoms with E-state index in [9.17, 15) is 4.79 Å². The Labute approximate surface area is 226 Å². The summed E-state index contributed by atoms with van der Waals surface area (Å²) in [4.78, 5) is 12.3. The first kappa shape index (κ1) is 26.9. The summed E-state index contributed by atoms with van der Waals surface area (Å²) in [6.45, 7) is -0.245. The topological polar surface area (TPSA) is 96.8 Å². The average molecular weight is 541 g/mol. The molecule has 1 amide bonds. The molecule has 1 atom stereocenters. The standard InChI is InChI=1S/C28H29ClN2O7/c1-33-23-13-20(37-16-27(32)31-30-15-17-6-5-7-19(29)10-17)14-24-21(23)8-9-22(38-24)18-11-25(34-2)28(36-4)26(12-18)35-3/h5-7,10-15,22H,8-9,16H2,1-4H3,(H,31,32)/b30-15+. The van der Waals surface area contributed by atoms with Crippen molar-refractivity contribution in [2.24, 2.45) is 5.10 Å². The third kappa shape index (κ3) is 6.23. The molecular weight excluding hydrogens is 512 g/mol. The van der Waals surface area contributed by atoms with Crippen LogP contribution >= 0.6 is 11.6 Å². The number of hydrazone groups is 1. The smallest absolute Gasteiger partial charge is 0.277 e. The van der Waals surface area contributed by atoms with Crippen LogP contribution in [-0.4, -0.2) is 47.2 Å². The van der Waals surface area contributed by atoms with E-state index in [0.29, 0.717) is 39.5 Å². The maximum Gasteiger partial charge on any atom is 0.277 e. The average Bonchev–Trinajstić information content (AvgIpc) is 2.94. The third-order valence-electron chi connectivity index (χ3n) is 5.97. The molecule has 0 aliphatic carbocycles. The third-order valence-corrected chi connectivity index (χ3v) is 6.20. The van der Waals surface area contributed by atoms with E-state index in [1.54, 1.807) is 58.8 Å². The predicted octanol–water partition coefficient (Wildman–Crippen LogP) is 4.97. The first-order valence-electron chi connectivity index (χ1n) is 11.8. The fourth-order valence-corrected chi connectivity index (χ4v) is 4.37. The van der Waals surface area contributed by atoms with Gasteiger partial charge in [-0.25, -0.2) is 5.43 Å². The lowest BCUT2D eigenvalue weighted by atomic mass is 9.96. The van der Waals surface area contributed by atoms with Crippen LogP contribution in [0.1, 0.15) is 29.2 Å². The van der Waals surface area contributed by atoms with Crippen molar-refractivity contribution < 1.29 is 33.2 Å². The van der Waals surface area contributed by atoms with Gasteiger partial charge in [0.05, 0.1) is 34.7 Å². The van der Waals surface area contributed by atoms with Crippen LogP contribution in [-0.2, 0) is 11.2 Å². The number of ether oxygens (including phenoxy) is 6. The number of nitrogens with zero attached hydrogens (tertiary/aromatic N) is 1. The van der Waals surface area contributed by atoms with Crippen LogP contribution < -0.4 is 33.8 Å². The number of hydrogen-bond donors (Lipinski definition) is 1. The fraction of sp³-hybridized carbons (Fsp3) is 0.286. The number of fused-ring (bicyclic) bond motifs is 1. The Morgan fingerprint density at radius 2 is 1.76 bits per heavy atom. The molecule has 0 spiro atoms.